The van der Waals surface area contributed by atoms with Gasteiger partial charge < -0.3 is 4.98 Å². The molecule has 1 heterocycles. The first-order valence-corrected chi connectivity index (χ1v) is 6.50. The van der Waals surface area contributed by atoms with Crippen molar-refractivity contribution in [1.82, 2.24) is 4.98 Å². The third-order valence-corrected chi connectivity index (χ3v) is 3.89. The van der Waals surface area contributed by atoms with Crippen molar-refractivity contribution < 1.29 is 0 Å². The van der Waals surface area contributed by atoms with Gasteiger partial charge in [0.05, 0.1) is 10.5 Å². The molecule has 0 radical (unpaired) electrons. The van der Waals surface area contributed by atoms with Gasteiger partial charge >= 0.3 is 0 Å². The number of aromatic amines is 1. The molecule has 0 saturated heterocycles. The average Bonchev–Trinajstić information content (AvgIpc) is 2.46. The number of hydrogen-bond donors (Lipinski definition) is 1. The second-order valence-electron chi connectivity index (χ2n) is 4.45. The third-order valence-electron chi connectivity index (χ3n) is 3.37. The molecule has 3 heteroatoms. The van der Waals surface area contributed by atoms with Crippen LogP contribution in [0.15, 0.2) is 12.1 Å². The molecule has 0 bridgehead atoms. The Labute approximate surface area is 105 Å². The Morgan fingerprint density at radius 1 is 1.00 bits per heavy atom. The molecule has 1 aromatic carbocycles. The molecule has 0 atom stereocenters. The summed E-state index contributed by atoms with van der Waals surface area (Å²) in [7, 11) is 0. The van der Waals surface area contributed by atoms with Gasteiger partial charge in [-0.3, -0.25) is 0 Å². The fraction of sp³-hybridized carbons (Fsp3) is 0.385. The Hall–Kier alpha value is -0.660. The first kappa shape index (κ1) is 10.5. The Balaban J connectivity index is 2.29. The summed E-state index contributed by atoms with van der Waals surface area (Å²) in [5, 5.41) is 2.67. The predicted molar refractivity (Wildman–Crippen MR) is 69.6 cm³/mol. The Morgan fingerprint density at radius 2 is 1.81 bits per heavy atom. The molecule has 1 nitrogen and oxygen atoms in total. The van der Waals surface area contributed by atoms with Gasteiger partial charge in [-0.1, -0.05) is 29.6 Å². The number of aromatic nitrogens is 1. The number of halogens is 2. The van der Waals surface area contributed by atoms with Gasteiger partial charge in [0, 0.05) is 16.1 Å². The first-order valence-electron chi connectivity index (χ1n) is 5.74. The Morgan fingerprint density at radius 3 is 2.69 bits per heavy atom. The van der Waals surface area contributed by atoms with E-state index in [2.05, 4.69) is 4.98 Å². The van der Waals surface area contributed by atoms with Gasteiger partial charge in [-0.05, 0) is 43.4 Å². The minimum absolute atomic E-state index is 0.726. The van der Waals surface area contributed by atoms with Crippen LogP contribution in [0.1, 0.15) is 30.5 Å². The van der Waals surface area contributed by atoms with E-state index in [1.165, 1.54) is 35.9 Å². The van der Waals surface area contributed by atoms with Gasteiger partial charge in [0.1, 0.15) is 0 Å². The SMILES string of the molecule is Clc1cc(Cl)c2[nH]c3c(c2c1)CCCCC3. The first-order chi connectivity index (χ1) is 7.75. The maximum Gasteiger partial charge on any atom is 0.0662 e. The quantitative estimate of drug-likeness (QED) is 0.653. The molecule has 2 aromatic rings. The highest BCUT2D eigenvalue weighted by atomic mass is 35.5. The van der Waals surface area contributed by atoms with E-state index in [9.17, 15) is 0 Å². The van der Waals surface area contributed by atoms with E-state index in [4.69, 9.17) is 23.2 Å². The van der Waals surface area contributed by atoms with Crippen LogP contribution in [0, 0.1) is 0 Å². The smallest absolute Gasteiger partial charge is 0.0662 e. The molecule has 0 spiro atoms. The zero-order valence-corrected chi connectivity index (χ0v) is 10.5. The lowest BCUT2D eigenvalue weighted by Gasteiger charge is -1.99. The zero-order valence-electron chi connectivity index (χ0n) is 8.95. The topological polar surface area (TPSA) is 15.8 Å². The lowest BCUT2D eigenvalue weighted by molar-refractivity contribution is 0.708. The number of fused-ring (bicyclic) bond motifs is 3. The number of H-pyrrole nitrogens is 1. The molecule has 84 valence electrons. The Kier molecular flexibility index (Phi) is 2.61. The molecule has 1 aromatic heterocycles. The lowest BCUT2D eigenvalue weighted by atomic mass is 10.1. The molecule has 1 aliphatic carbocycles. The van der Waals surface area contributed by atoms with Gasteiger partial charge in [-0.25, -0.2) is 0 Å². The monoisotopic (exact) mass is 253 g/mol. The highest BCUT2D eigenvalue weighted by molar-refractivity contribution is 6.38. The molecule has 1 N–H and O–H groups in total. The minimum Gasteiger partial charge on any atom is -0.357 e. The number of nitrogens with one attached hydrogen (secondary N) is 1. The van der Waals surface area contributed by atoms with Crippen LogP contribution >= 0.6 is 23.2 Å². The van der Waals surface area contributed by atoms with Gasteiger partial charge in [0.25, 0.3) is 0 Å². The average molecular weight is 254 g/mol. The molecule has 0 amide bonds. The summed E-state index contributed by atoms with van der Waals surface area (Å²) in [6.45, 7) is 0. The summed E-state index contributed by atoms with van der Waals surface area (Å²) < 4.78 is 0. The molecule has 1 aliphatic rings. The summed E-state index contributed by atoms with van der Waals surface area (Å²) in [6.07, 6.45) is 6.14. The van der Waals surface area contributed by atoms with Crippen molar-refractivity contribution in [3.8, 4) is 0 Å². The van der Waals surface area contributed by atoms with Crippen LogP contribution in [0.2, 0.25) is 10.0 Å². The van der Waals surface area contributed by atoms with Gasteiger partial charge in [-0.15, -0.1) is 0 Å². The van der Waals surface area contributed by atoms with E-state index in [-0.39, 0.29) is 0 Å². The molecule has 0 fully saturated rings. The van der Waals surface area contributed by atoms with Crippen molar-refractivity contribution in [2.24, 2.45) is 0 Å². The van der Waals surface area contributed by atoms with E-state index in [1.54, 1.807) is 6.07 Å². The Bertz CT molecular complexity index is 542. The summed E-state index contributed by atoms with van der Waals surface area (Å²) >= 11 is 12.3. The minimum atomic E-state index is 0.726. The molecular formula is C13H13Cl2N. The summed E-state index contributed by atoms with van der Waals surface area (Å²) in [6, 6.07) is 3.84. The molecule has 3 rings (SSSR count). The summed E-state index contributed by atoms with van der Waals surface area (Å²) in [4.78, 5) is 3.46. The van der Waals surface area contributed by atoms with Crippen molar-refractivity contribution in [2.75, 3.05) is 0 Å². The van der Waals surface area contributed by atoms with Gasteiger partial charge in [0.2, 0.25) is 0 Å². The molecular weight excluding hydrogens is 241 g/mol. The van der Waals surface area contributed by atoms with Gasteiger partial charge in [-0.2, -0.15) is 0 Å². The highest BCUT2D eigenvalue weighted by Crippen LogP contribution is 2.34. The molecule has 16 heavy (non-hydrogen) atoms. The number of aryl methyl sites for hydroxylation is 2. The van der Waals surface area contributed by atoms with Crippen molar-refractivity contribution in [3.63, 3.8) is 0 Å². The maximum absolute atomic E-state index is 6.21. The number of rotatable bonds is 0. The van der Waals surface area contributed by atoms with Crippen molar-refractivity contribution in [3.05, 3.63) is 33.4 Å². The third kappa shape index (κ3) is 1.63. The van der Waals surface area contributed by atoms with E-state index in [0.29, 0.717) is 0 Å². The summed E-state index contributed by atoms with van der Waals surface area (Å²) in [5.74, 6) is 0. The fourth-order valence-corrected chi connectivity index (χ4v) is 3.15. The standard InChI is InChI=1S/C13H13Cl2N/c14-8-6-10-9-4-2-1-3-5-12(9)16-13(10)11(15)7-8/h6-7,16H,1-5H2. The van der Waals surface area contributed by atoms with Crippen LogP contribution in [0.4, 0.5) is 0 Å². The molecule has 0 unspecified atom stereocenters. The van der Waals surface area contributed by atoms with Crippen LogP contribution in [0.3, 0.4) is 0 Å². The van der Waals surface area contributed by atoms with Crippen LogP contribution in [-0.4, -0.2) is 4.98 Å². The normalized spacial score (nSPS) is 16.1. The largest absolute Gasteiger partial charge is 0.357 e. The van der Waals surface area contributed by atoms with Crippen molar-refractivity contribution in [2.45, 2.75) is 32.1 Å². The predicted octanol–water partition coefficient (Wildman–Crippen LogP) is 4.74. The van der Waals surface area contributed by atoms with E-state index >= 15 is 0 Å². The number of benzene rings is 1. The van der Waals surface area contributed by atoms with Crippen LogP contribution in [0.5, 0.6) is 0 Å². The van der Waals surface area contributed by atoms with E-state index < -0.39 is 0 Å². The summed E-state index contributed by atoms with van der Waals surface area (Å²) in [5.41, 5.74) is 3.84. The second-order valence-corrected chi connectivity index (χ2v) is 5.30. The van der Waals surface area contributed by atoms with Crippen LogP contribution in [0.25, 0.3) is 10.9 Å². The zero-order chi connectivity index (χ0) is 11.1. The van der Waals surface area contributed by atoms with Gasteiger partial charge in [0.15, 0.2) is 0 Å². The second kappa shape index (κ2) is 3.97. The van der Waals surface area contributed by atoms with Crippen molar-refractivity contribution in [1.29, 1.82) is 0 Å². The van der Waals surface area contributed by atoms with Crippen LogP contribution in [-0.2, 0) is 12.8 Å². The molecule has 0 saturated carbocycles. The lowest BCUT2D eigenvalue weighted by Crippen LogP contribution is -1.86. The maximum atomic E-state index is 6.21. The van der Waals surface area contributed by atoms with E-state index in [1.807, 2.05) is 6.07 Å². The highest BCUT2D eigenvalue weighted by Gasteiger charge is 2.16. The van der Waals surface area contributed by atoms with Crippen molar-refractivity contribution >= 4 is 34.1 Å². The number of hydrogen-bond acceptors (Lipinski definition) is 0. The van der Waals surface area contributed by atoms with Crippen LogP contribution < -0.4 is 0 Å². The fourth-order valence-electron chi connectivity index (χ4n) is 2.61. The molecule has 0 aliphatic heterocycles. The van der Waals surface area contributed by atoms with E-state index in [0.717, 1.165) is 28.4 Å².